The number of benzene rings is 2. The lowest BCUT2D eigenvalue weighted by Gasteiger charge is -2.18. The smallest absolute Gasteiger partial charge is 0.227 e. The predicted octanol–water partition coefficient (Wildman–Crippen LogP) is 2.93. The van der Waals surface area contributed by atoms with Crippen LogP contribution in [0.1, 0.15) is 18.0 Å². The fourth-order valence-electron chi connectivity index (χ4n) is 2.96. The largest absolute Gasteiger partial charge is 0.354 e. The monoisotopic (exact) mass is 393 g/mol. The van der Waals surface area contributed by atoms with Gasteiger partial charge < -0.3 is 16.0 Å². The van der Waals surface area contributed by atoms with Crippen LogP contribution in [0.5, 0.6) is 0 Å². The summed E-state index contributed by atoms with van der Waals surface area (Å²) < 4.78 is 0. The average molecular weight is 394 g/mol. The lowest BCUT2D eigenvalue weighted by molar-refractivity contribution is -0.126. The number of hydrogen-bond acceptors (Lipinski definition) is 3. The number of halogens is 2. The van der Waals surface area contributed by atoms with Crippen molar-refractivity contribution in [3.63, 3.8) is 0 Å². The van der Waals surface area contributed by atoms with Crippen molar-refractivity contribution in [2.24, 2.45) is 11.7 Å². The fraction of sp³-hybridized carbons (Fsp3) is 0.263. The number of carbonyl (C=O) groups is 2. The first-order valence-corrected chi connectivity index (χ1v) is 8.57. The molecule has 138 valence electrons. The van der Waals surface area contributed by atoms with E-state index >= 15 is 0 Å². The van der Waals surface area contributed by atoms with Crippen molar-refractivity contribution >= 4 is 41.5 Å². The molecule has 1 fully saturated rings. The lowest BCUT2D eigenvalue weighted by Crippen LogP contribution is -2.37. The zero-order valence-corrected chi connectivity index (χ0v) is 15.7. The van der Waals surface area contributed by atoms with E-state index in [0.717, 1.165) is 5.56 Å². The fourth-order valence-corrected chi connectivity index (χ4v) is 3.20. The Hall–Kier alpha value is -2.08. The molecule has 2 aromatic rings. The van der Waals surface area contributed by atoms with Crippen LogP contribution in [0.3, 0.4) is 0 Å². The van der Waals surface area contributed by atoms with Crippen molar-refractivity contribution in [1.29, 1.82) is 0 Å². The van der Waals surface area contributed by atoms with Crippen molar-refractivity contribution in [2.75, 3.05) is 18.0 Å². The van der Waals surface area contributed by atoms with E-state index in [1.54, 1.807) is 17.0 Å². The minimum absolute atomic E-state index is 0. The van der Waals surface area contributed by atoms with E-state index in [1.807, 2.05) is 42.5 Å². The standard InChI is InChI=1S/C19H20ClN3O2.ClH/c20-15-8-4-5-9-17(15)23-12-14(10-18(23)24)19(25)22-11-16(21)13-6-2-1-3-7-13;/h1-9,14,16H,10-12,21H2,(H,22,25);1H. The zero-order valence-electron chi connectivity index (χ0n) is 14.1. The Morgan fingerprint density at radius 1 is 1.19 bits per heavy atom. The molecule has 0 aliphatic carbocycles. The summed E-state index contributed by atoms with van der Waals surface area (Å²) in [5, 5.41) is 3.36. The van der Waals surface area contributed by atoms with Crippen LogP contribution in [0, 0.1) is 5.92 Å². The third-order valence-electron chi connectivity index (χ3n) is 4.36. The summed E-state index contributed by atoms with van der Waals surface area (Å²) in [7, 11) is 0. The SMILES string of the molecule is Cl.NC(CNC(=O)C1CC(=O)N(c2ccccc2Cl)C1)c1ccccc1. The van der Waals surface area contributed by atoms with Gasteiger partial charge in [0.25, 0.3) is 0 Å². The number of hydrogen-bond donors (Lipinski definition) is 2. The Morgan fingerprint density at radius 3 is 2.54 bits per heavy atom. The summed E-state index contributed by atoms with van der Waals surface area (Å²) in [6, 6.07) is 16.5. The van der Waals surface area contributed by atoms with E-state index in [2.05, 4.69) is 5.32 Å². The van der Waals surface area contributed by atoms with Gasteiger partial charge in [-0.25, -0.2) is 0 Å². The van der Waals surface area contributed by atoms with Gasteiger partial charge in [0.05, 0.1) is 16.6 Å². The summed E-state index contributed by atoms with van der Waals surface area (Å²) in [6.07, 6.45) is 0.178. The molecule has 2 amide bonds. The maximum Gasteiger partial charge on any atom is 0.227 e. The van der Waals surface area contributed by atoms with Crippen molar-refractivity contribution in [1.82, 2.24) is 5.32 Å². The molecule has 1 aliphatic heterocycles. The van der Waals surface area contributed by atoms with Crippen molar-refractivity contribution in [2.45, 2.75) is 12.5 Å². The molecule has 1 heterocycles. The number of nitrogens with two attached hydrogens (primary N) is 1. The van der Waals surface area contributed by atoms with Crippen molar-refractivity contribution < 1.29 is 9.59 Å². The first-order chi connectivity index (χ1) is 12.1. The molecule has 7 heteroatoms. The molecule has 1 saturated heterocycles. The summed E-state index contributed by atoms with van der Waals surface area (Å²) in [5.74, 6) is -0.651. The van der Waals surface area contributed by atoms with E-state index in [0.29, 0.717) is 23.8 Å². The topological polar surface area (TPSA) is 75.4 Å². The third kappa shape index (κ3) is 4.55. The predicted molar refractivity (Wildman–Crippen MR) is 106 cm³/mol. The minimum Gasteiger partial charge on any atom is -0.354 e. The number of anilines is 1. The molecule has 26 heavy (non-hydrogen) atoms. The zero-order chi connectivity index (χ0) is 17.8. The quantitative estimate of drug-likeness (QED) is 0.819. The molecule has 5 nitrogen and oxygen atoms in total. The molecule has 0 aromatic heterocycles. The van der Waals surface area contributed by atoms with Crippen LogP contribution < -0.4 is 16.0 Å². The summed E-state index contributed by atoms with van der Waals surface area (Å²) in [4.78, 5) is 26.2. The minimum atomic E-state index is -0.397. The molecule has 0 radical (unpaired) electrons. The second kappa shape index (κ2) is 9.03. The molecule has 0 saturated carbocycles. The Kier molecular flexibility index (Phi) is 7.03. The van der Waals surface area contributed by atoms with Crippen LogP contribution in [-0.2, 0) is 9.59 Å². The molecule has 1 aliphatic rings. The molecule has 2 aromatic carbocycles. The van der Waals surface area contributed by atoms with E-state index in [4.69, 9.17) is 17.3 Å². The highest BCUT2D eigenvalue weighted by molar-refractivity contribution is 6.33. The van der Waals surface area contributed by atoms with Crippen LogP contribution >= 0.6 is 24.0 Å². The number of para-hydroxylation sites is 1. The summed E-state index contributed by atoms with van der Waals surface area (Å²) in [5.41, 5.74) is 7.70. The molecular formula is C19H21Cl2N3O2. The molecule has 2 unspecified atom stereocenters. The number of rotatable bonds is 5. The maximum absolute atomic E-state index is 12.4. The maximum atomic E-state index is 12.4. The van der Waals surface area contributed by atoms with Crippen LogP contribution in [0.25, 0.3) is 0 Å². The molecule has 0 bridgehead atoms. The Bertz CT molecular complexity index is 770. The third-order valence-corrected chi connectivity index (χ3v) is 4.68. The van der Waals surface area contributed by atoms with Crippen LogP contribution in [0.4, 0.5) is 5.69 Å². The van der Waals surface area contributed by atoms with Gasteiger partial charge in [0, 0.05) is 25.6 Å². The highest BCUT2D eigenvalue weighted by Crippen LogP contribution is 2.31. The molecule has 0 spiro atoms. The van der Waals surface area contributed by atoms with Gasteiger partial charge in [0.1, 0.15) is 0 Å². The Labute approximate surface area is 163 Å². The van der Waals surface area contributed by atoms with Gasteiger partial charge in [0.2, 0.25) is 11.8 Å². The number of carbonyl (C=O) groups excluding carboxylic acids is 2. The van der Waals surface area contributed by atoms with E-state index in [9.17, 15) is 9.59 Å². The Morgan fingerprint density at radius 2 is 1.85 bits per heavy atom. The second-order valence-electron chi connectivity index (χ2n) is 6.12. The normalized spacial score (nSPS) is 17.5. The van der Waals surface area contributed by atoms with Gasteiger partial charge in [0.15, 0.2) is 0 Å². The number of amides is 2. The molecule has 2 atom stereocenters. The van der Waals surface area contributed by atoms with Gasteiger partial charge >= 0.3 is 0 Å². The van der Waals surface area contributed by atoms with E-state index in [1.165, 1.54) is 0 Å². The number of nitrogens with one attached hydrogen (secondary N) is 1. The van der Waals surface area contributed by atoms with Gasteiger partial charge in [-0.2, -0.15) is 0 Å². The summed E-state index contributed by atoms with van der Waals surface area (Å²) >= 11 is 6.16. The van der Waals surface area contributed by atoms with Crippen molar-refractivity contribution in [3.8, 4) is 0 Å². The lowest BCUT2D eigenvalue weighted by atomic mass is 10.1. The molecule has 3 N–H and O–H groups in total. The number of nitrogens with zero attached hydrogens (tertiary/aromatic N) is 1. The van der Waals surface area contributed by atoms with Gasteiger partial charge in [-0.1, -0.05) is 54.1 Å². The second-order valence-corrected chi connectivity index (χ2v) is 6.53. The van der Waals surface area contributed by atoms with Crippen LogP contribution in [0.2, 0.25) is 5.02 Å². The molecule has 3 rings (SSSR count). The van der Waals surface area contributed by atoms with Crippen LogP contribution in [0.15, 0.2) is 54.6 Å². The van der Waals surface area contributed by atoms with Crippen molar-refractivity contribution in [3.05, 3.63) is 65.2 Å². The Balaban J connectivity index is 0.00000243. The van der Waals surface area contributed by atoms with E-state index < -0.39 is 5.92 Å². The van der Waals surface area contributed by atoms with Gasteiger partial charge in [-0.3, -0.25) is 9.59 Å². The summed E-state index contributed by atoms with van der Waals surface area (Å²) in [6.45, 7) is 0.661. The highest BCUT2D eigenvalue weighted by atomic mass is 35.5. The first kappa shape index (κ1) is 20.2. The van der Waals surface area contributed by atoms with Gasteiger partial charge in [-0.15, -0.1) is 12.4 Å². The van der Waals surface area contributed by atoms with Crippen LogP contribution in [-0.4, -0.2) is 24.9 Å². The van der Waals surface area contributed by atoms with Gasteiger partial charge in [-0.05, 0) is 17.7 Å². The molecular weight excluding hydrogens is 373 g/mol. The van der Waals surface area contributed by atoms with E-state index in [-0.39, 0.29) is 36.7 Å². The highest BCUT2D eigenvalue weighted by Gasteiger charge is 2.35. The first-order valence-electron chi connectivity index (χ1n) is 8.19. The average Bonchev–Trinajstić information content (AvgIpc) is 3.02.